The van der Waals surface area contributed by atoms with Gasteiger partial charge in [0.05, 0.1) is 10.6 Å². The van der Waals surface area contributed by atoms with Gasteiger partial charge in [-0.1, -0.05) is 15.9 Å². The first-order valence-corrected chi connectivity index (χ1v) is 8.20. The van der Waals surface area contributed by atoms with Crippen molar-refractivity contribution < 1.29 is 13.2 Å². The average Bonchev–Trinajstić information content (AvgIpc) is 2.15. The molecule has 1 heterocycles. The lowest BCUT2D eigenvalue weighted by atomic mass is 10.1. The molecule has 0 aliphatic carbocycles. The summed E-state index contributed by atoms with van der Waals surface area (Å²) in [6.45, 7) is 4.53. The Labute approximate surface area is 111 Å². The van der Waals surface area contributed by atoms with E-state index in [-0.39, 0.29) is 11.9 Å². The van der Waals surface area contributed by atoms with Crippen molar-refractivity contribution in [1.82, 2.24) is 9.62 Å². The molecule has 0 aromatic rings. The molecular weight excluding hydrogens is 308 g/mol. The van der Waals surface area contributed by atoms with Crippen LogP contribution in [0.15, 0.2) is 0 Å². The highest BCUT2D eigenvalue weighted by Crippen LogP contribution is 2.18. The van der Waals surface area contributed by atoms with Crippen molar-refractivity contribution in [3.63, 3.8) is 0 Å². The third-order valence-corrected chi connectivity index (χ3v) is 4.46. The number of hydrogen-bond acceptors (Lipinski definition) is 3. The normalized spacial score (nSPS) is 20.2. The molecule has 0 aromatic carbocycles. The topological polar surface area (TPSA) is 66.5 Å². The summed E-state index contributed by atoms with van der Waals surface area (Å²) >= 11 is 3.30. The highest BCUT2D eigenvalue weighted by molar-refractivity contribution is 9.10. The predicted octanol–water partition coefficient (Wildman–Crippen LogP) is 0.700. The molecule has 5 nitrogen and oxygen atoms in total. The third kappa shape index (κ3) is 4.56. The summed E-state index contributed by atoms with van der Waals surface area (Å²) in [6.07, 6.45) is 2.55. The molecule has 1 aliphatic heterocycles. The summed E-state index contributed by atoms with van der Waals surface area (Å²) in [4.78, 5) is 11.7. The van der Waals surface area contributed by atoms with Gasteiger partial charge in [-0.3, -0.25) is 4.79 Å². The number of hydrogen-bond donors (Lipinski definition) is 1. The van der Waals surface area contributed by atoms with Crippen LogP contribution in [0, 0.1) is 0 Å². The molecule has 7 heteroatoms. The minimum Gasteiger partial charge on any atom is -0.352 e. The minimum atomic E-state index is -3.09. The van der Waals surface area contributed by atoms with E-state index in [1.807, 2.05) is 0 Å². The lowest BCUT2D eigenvalue weighted by Gasteiger charge is -2.31. The Kier molecular flexibility index (Phi) is 4.60. The maximum Gasteiger partial charge on any atom is 0.236 e. The maximum atomic E-state index is 11.7. The van der Waals surface area contributed by atoms with Gasteiger partial charge in [0.2, 0.25) is 15.9 Å². The first-order valence-electron chi connectivity index (χ1n) is 5.55. The standard InChI is InChI=1S/C10H19BrN2O3S/c1-10(2,11)9(14)12-8-4-6-13(7-5-8)17(3,15)16/h8H,4-7H2,1-3H3,(H,12,14). The van der Waals surface area contributed by atoms with Gasteiger partial charge in [0, 0.05) is 19.1 Å². The molecule has 0 bridgehead atoms. The Morgan fingerprint density at radius 1 is 1.35 bits per heavy atom. The monoisotopic (exact) mass is 326 g/mol. The molecule has 0 saturated carbocycles. The fourth-order valence-electron chi connectivity index (χ4n) is 1.69. The quantitative estimate of drug-likeness (QED) is 0.776. The van der Waals surface area contributed by atoms with Gasteiger partial charge in [-0.25, -0.2) is 12.7 Å². The molecule has 1 N–H and O–H groups in total. The molecule has 1 fully saturated rings. The number of amides is 1. The zero-order valence-electron chi connectivity index (χ0n) is 10.4. The fourth-order valence-corrected chi connectivity index (χ4v) is 2.68. The van der Waals surface area contributed by atoms with E-state index in [2.05, 4.69) is 21.2 Å². The zero-order chi connectivity index (χ0) is 13.3. The van der Waals surface area contributed by atoms with Crippen LogP contribution < -0.4 is 5.32 Å². The van der Waals surface area contributed by atoms with E-state index in [0.717, 1.165) is 0 Å². The van der Waals surface area contributed by atoms with Gasteiger partial charge < -0.3 is 5.32 Å². The summed E-state index contributed by atoms with van der Waals surface area (Å²) in [6, 6.07) is 0.0670. The largest absolute Gasteiger partial charge is 0.352 e. The number of rotatable bonds is 3. The van der Waals surface area contributed by atoms with Gasteiger partial charge in [0.1, 0.15) is 0 Å². The number of carbonyl (C=O) groups is 1. The van der Waals surface area contributed by atoms with Gasteiger partial charge in [-0.2, -0.15) is 0 Å². The number of nitrogens with zero attached hydrogens (tertiary/aromatic N) is 1. The molecular formula is C10H19BrN2O3S. The molecule has 0 radical (unpaired) electrons. The molecule has 0 atom stereocenters. The van der Waals surface area contributed by atoms with Crippen molar-refractivity contribution in [1.29, 1.82) is 0 Å². The molecule has 0 unspecified atom stereocenters. The van der Waals surface area contributed by atoms with Crippen LogP contribution in [0.4, 0.5) is 0 Å². The molecule has 17 heavy (non-hydrogen) atoms. The third-order valence-electron chi connectivity index (χ3n) is 2.80. The van der Waals surface area contributed by atoms with E-state index in [0.29, 0.717) is 25.9 Å². The first-order chi connectivity index (χ1) is 7.60. The van der Waals surface area contributed by atoms with Gasteiger partial charge in [0.15, 0.2) is 0 Å². The molecule has 100 valence electrons. The zero-order valence-corrected chi connectivity index (χ0v) is 12.8. The van der Waals surface area contributed by atoms with Gasteiger partial charge >= 0.3 is 0 Å². The van der Waals surface area contributed by atoms with E-state index < -0.39 is 14.3 Å². The van der Waals surface area contributed by atoms with Gasteiger partial charge in [-0.15, -0.1) is 0 Å². The van der Waals surface area contributed by atoms with Gasteiger partial charge in [0.25, 0.3) is 0 Å². The summed E-state index contributed by atoms with van der Waals surface area (Å²) in [5.74, 6) is -0.0599. The molecule has 0 aromatic heterocycles. The summed E-state index contributed by atoms with van der Waals surface area (Å²) in [5.41, 5.74) is 0. The lowest BCUT2D eigenvalue weighted by molar-refractivity contribution is -0.123. The van der Waals surface area contributed by atoms with Crippen molar-refractivity contribution in [2.45, 2.75) is 37.1 Å². The molecule has 1 aliphatic rings. The van der Waals surface area contributed by atoms with Crippen LogP contribution in [0.2, 0.25) is 0 Å². The minimum absolute atomic E-state index is 0.0599. The van der Waals surface area contributed by atoms with E-state index in [1.54, 1.807) is 13.8 Å². The molecule has 1 saturated heterocycles. The Hall–Kier alpha value is -0.140. The number of nitrogens with one attached hydrogen (secondary N) is 1. The van der Waals surface area contributed by atoms with Crippen molar-refractivity contribution >= 4 is 31.9 Å². The van der Waals surface area contributed by atoms with Crippen LogP contribution in [0.3, 0.4) is 0 Å². The van der Waals surface area contributed by atoms with Crippen LogP contribution in [0.25, 0.3) is 0 Å². The van der Waals surface area contributed by atoms with Crippen molar-refractivity contribution in [2.75, 3.05) is 19.3 Å². The van der Waals surface area contributed by atoms with Crippen LogP contribution in [0.1, 0.15) is 26.7 Å². The smallest absolute Gasteiger partial charge is 0.236 e. The Balaban J connectivity index is 2.46. The maximum absolute atomic E-state index is 11.7. The van der Waals surface area contributed by atoms with Crippen LogP contribution in [-0.2, 0) is 14.8 Å². The number of sulfonamides is 1. The Bertz CT molecular complexity index is 381. The number of carbonyl (C=O) groups excluding carboxylic acids is 1. The molecule has 0 spiro atoms. The Morgan fingerprint density at radius 2 is 1.82 bits per heavy atom. The summed E-state index contributed by atoms with van der Waals surface area (Å²) in [5, 5.41) is 2.92. The van der Waals surface area contributed by atoms with E-state index in [1.165, 1.54) is 10.6 Å². The van der Waals surface area contributed by atoms with Crippen LogP contribution >= 0.6 is 15.9 Å². The van der Waals surface area contributed by atoms with Crippen LogP contribution in [0.5, 0.6) is 0 Å². The summed E-state index contributed by atoms with van der Waals surface area (Å²) in [7, 11) is -3.09. The average molecular weight is 327 g/mol. The number of piperidine rings is 1. The van der Waals surface area contributed by atoms with E-state index >= 15 is 0 Å². The first kappa shape index (κ1) is 14.9. The van der Waals surface area contributed by atoms with Crippen molar-refractivity contribution in [2.24, 2.45) is 0 Å². The van der Waals surface area contributed by atoms with Crippen molar-refractivity contribution in [3.05, 3.63) is 0 Å². The molecule has 1 rings (SSSR count). The Morgan fingerprint density at radius 3 is 2.18 bits per heavy atom. The lowest BCUT2D eigenvalue weighted by Crippen LogP contribution is -2.49. The predicted molar refractivity (Wildman–Crippen MR) is 70.6 cm³/mol. The SMILES string of the molecule is CC(C)(Br)C(=O)NC1CCN(S(C)(=O)=O)CC1. The second-order valence-electron chi connectivity index (χ2n) is 4.88. The highest BCUT2D eigenvalue weighted by Gasteiger charge is 2.29. The van der Waals surface area contributed by atoms with E-state index in [9.17, 15) is 13.2 Å². The van der Waals surface area contributed by atoms with Gasteiger partial charge in [-0.05, 0) is 26.7 Å². The van der Waals surface area contributed by atoms with E-state index in [4.69, 9.17) is 0 Å². The second-order valence-corrected chi connectivity index (χ2v) is 8.85. The van der Waals surface area contributed by atoms with Crippen LogP contribution in [-0.4, -0.2) is 48.3 Å². The number of halogens is 1. The fraction of sp³-hybridized carbons (Fsp3) is 0.900. The number of alkyl halides is 1. The van der Waals surface area contributed by atoms with Crippen molar-refractivity contribution in [3.8, 4) is 0 Å². The highest BCUT2D eigenvalue weighted by atomic mass is 79.9. The molecule has 1 amide bonds. The second kappa shape index (κ2) is 5.24. The summed E-state index contributed by atoms with van der Waals surface area (Å²) < 4.78 is 23.5.